The Balaban J connectivity index is 1.67. The first-order valence-corrected chi connectivity index (χ1v) is 11.7. The molecule has 0 amide bonds. The molecule has 1 aliphatic rings. The first kappa shape index (κ1) is 24.8. The minimum absolute atomic E-state index is 0.0909. The average Bonchev–Trinajstić information content (AvgIpc) is 3.41. The molecule has 11 heteroatoms. The number of hydrogen-bond acceptors (Lipinski definition) is 8. The van der Waals surface area contributed by atoms with Gasteiger partial charge in [-0.1, -0.05) is 48.0 Å². The molecule has 0 spiro atoms. The lowest BCUT2D eigenvalue weighted by molar-refractivity contribution is -0.0959. The van der Waals surface area contributed by atoms with Gasteiger partial charge in [0.2, 0.25) is 0 Å². The number of alkyl halides is 1. The van der Waals surface area contributed by atoms with Crippen molar-refractivity contribution in [3.05, 3.63) is 89.1 Å². The molecule has 3 heterocycles. The smallest absolute Gasteiger partial charge is 0.338 e. The van der Waals surface area contributed by atoms with Crippen LogP contribution in [-0.4, -0.2) is 49.8 Å². The molecular formula is C26H22ClFN4O5. The predicted octanol–water partition coefficient (Wildman–Crippen LogP) is 4.88. The quantitative estimate of drug-likeness (QED) is 0.269. The summed E-state index contributed by atoms with van der Waals surface area (Å²) in [5, 5.41) is 0.0909. The number of halogens is 2. The third-order valence-electron chi connectivity index (χ3n) is 6.73. The van der Waals surface area contributed by atoms with Crippen LogP contribution < -0.4 is 0 Å². The van der Waals surface area contributed by atoms with Crippen LogP contribution in [0.4, 0.5) is 4.39 Å². The first-order valence-electron chi connectivity index (χ1n) is 11.3. The number of carbonyl (C=O) groups excluding carboxylic acids is 2. The van der Waals surface area contributed by atoms with Crippen LogP contribution in [0.15, 0.2) is 67.3 Å². The van der Waals surface area contributed by atoms with Crippen LogP contribution in [0, 0.1) is 0 Å². The molecule has 1 aliphatic heterocycles. The maximum Gasteiger partial charge on any atom is 0.338 e. The molecule has 0 radical (unpaired) electrons. The lowest BCUT2D eigenvalue weighted by Gasteiger charge is -2.37. The van der Waals surface area contributed by atoms with Crippen molar-refractivity contribution in [1.29, 1.82) is 0 Å². The monoisotopic (exact) mass is 524 g/mol. The van der Waals surface area contributed by atoms with Crippen molar-refractivity contribution in [2.75, 3.05) is 7.11 Å². The summed E-state index contributed by atoms with van der Waals surface area (Å²) in [6, 6.07) is 14.7. The number of hydrogen-bond donors (Lipinski definition) is 0. The van der Waals surface area contributed by atoms with Crippen molar-refractivity contribution in [2.45, 2.75) is 37.4 Å². The van der Waals surface area contributed by atoms with Crippen LogP contribution >= 0.6 is 11.6 Å². The molecule has 37 heavy (non-hydrogen) atoms. The second kappa shape index (κ2) is 9.20. The van der Waals surface area contributed by atoms with E-state index in [-0.39, 0.29) is 27.4 Å². The fourth-order valence-electron chi connectivity index (χ4n) is 4.58. The van der Waals surface area contributed by atoms with Gasteiger partial charge < -0.3 is 14.2 Å². The number of fused-ring (bicyclic) bond motifs is 1. The number of rotatable bonds is 5. The number of imidazole rings is 1. The lowest BCUT2D eigenvalue weighted by atomic mass is 9.80. The van der Waals surface area contributed by atoms with E-state index in [0.29, 0.717) is 5.56 Å². The molecule has 0 saturated carbocycles. The summed E-state index contributed by atoms with van der Waals surface area (Å²) in [6.07, 6.45) is -0.0219. The van der Waals surface area contributed by atoms with Gasteiger partial charge in [0.25, 0.3) is 0 Å². The molecule has 190 valence electrons. The minimum Gasteiger partial charge on any atom is -0.465 e. The van der Waals surface area contributed by atoms with Gasteiger partial charge in [-0.25, -0.2) is 28.9 Å². The van der Waals surface area contributed by atoms with Crippen LogP contribution in [0.2, 0.25) is 5.15 Å². The van der Waals surface area contributed by atoms with Gasteiger partial charge in [-0.15, -0.1) is 0 Å². The molecule has 2 aromatic carbocycles. The highest BCUT2D eigenvalue weighted by atomic mass is 35.5. The van der Waals surface area contributed by atoms with Gasteiger partial charge >= 0.3 is 11.9 Å². The summed E-state index contributed by atoms with van der Waals surface area (Å²) in [6.45, 7) is 2.71. The maximum atomic E-state index is 17.1. The highest BCUT2D eigenvalue weighted by Gasteiger charge is 2.67. The zero-order valence-corrected chi connectivity index (χ0v) is 20.8. The zero-order valence-electron chi connectivity index (χ0n) is 20.1. The number of ether oxygens (including phenoxy) is 3. The molecule has 1 fully saturated rings. The van der Waals surface area contributed by atoms with Gasteiger partial charge in [-0.05, 0) is 37.6 Å². The molecule has 4 aromatic rings. The molecule has 1 saturated heterocycles. The fraction of sp³-hybridized carbons (Fsp3) is 0.269. The Morgan fingerprint density at radius 1 is 1.03 bits per heavy atom. The van der Waals surface area contributed by atoms with Gasteiger partial charge in [0.05, 0.1) is 24.6 Å². The Kier molecular flexibility index (Phi) is 6.17. The molecule has 2 aromatic heterocycles. The Bertz CT molecular complexity index is 1490. The summed E-state index contributed by atoms with van der Waals surface area (Å²) < 4.78 is 35.6. The summed E-state index contributed by atoms with van der Waals surface area (Å²) >= 11 is 6.15. The Morgan fingerprint density at radius 3 is 2.46 bits per heavy atom. The second-order valence-corrected chi connectivity index (χ2v) is 9.23. The molecule has 0 unspecified atom stereocenters. The van der Waals surface area contributed by atoms with E-state index in [2.05, 4.69) is 15.0 Å². The standard InChI is InChI=1S/C26H22ClFN4O5/c1-25(28)24(32-14-31-18-20(27)29-13-30-21(18)32)36-19(16-11-7-8-12-17(16)23(34)35-3)26(25,2)37-22(33)15-9-5-4-6-10-15/h4-14,19,24H,1-3H3/t19-,24-,25+,26+/m1/s1. The summed E-state index contributed by atoms with van der Waals surface area (Å²) in [5.41, 5.74) is -3.11. The van der Waals surface area contributed by atoms with Gasteiger partial charge in [0, 0.05) is 0 Å². The van der Waals surface area contributed by atoms with Gasteiger partial charge in [-0.3, -0.25) is 4.57 Å². The molecule has 9 nitrogen and oxygen atoms in total. The topological polar surface area (TPSA) is 105 Å². The largest absolute Gasteiger partial charge is 0.465 e. The van der Waals surface area contributed by atoms with E-state index in [0.717, 1.165) is 0 Å². The highest BCUT2D eigenvalue weighted by molar-refractivity contribution is 6.33. The van der Waals surface area contributed by atoms with Gasteiger partial charge in [0.1, 0.15) is 17.9 Å². The fourth-order valence-corrected chi connectivity index (χ4v) is 4.76. The maximum absolute atomic E-state index is 17.1. The van der Waals surface area contributed by atoms with Crippen molar-refractivity contribution in [2.24, 2.45) is 0 Å². The zero-order chi connectivity index (χ0) is 26.4. The van der Waals surface area contributed by atoms with E-state index in [1.54, 1.807) is 48.5 Å². The molecule has 0 aliphatic carbocycles. The van der Waals surface area contributed by atoms with E-state index in [9.17, 15) is 9.59 Å². The Hall–Kier alpha value is -3.89. The van der Waals surface area contributed by atoms with Crippen molar-refractivity contribution >= 4 is 34.7 Å². The number of nitrogens with zero attached hydrogens (tertiary/aromatic N) is 4. The van der Waals surface area contributed by atoms with Crippen molar-refractivity contribution in [3.63, 3.8) is 0 Å². The van der Waals surface area contributed by atoms with Gasteiger partial charge in [-0.2, -0.15) is 0 Å². The minimum atomic E-state index is -2.35. The molecule has 4 atom stereocenters. The summed E-state index contributed by atoms with van der Waals surface area (Å²) in [4.78, 5) is 38.1. The van der Waals surface area contributed by atoms with Crippen LogP contribution in [0.5, 0.6) is 0 Å². The van der Waals surface area contributed by atoms with E-state index < -0.39 is 35.5 Å². The third-order valence-corrected chi connectivity index (χ3v) is 7.01. The van der Waals surface area contributed by atoms with Crippen LogP contribution in [-0.2, 0) is 14.2 Å². The third kappa shape index (κ3) is 3.93. The van der Waals surface area contributed by atoms with Crippen LogP contribution in [0.1, 0.15) is 52.5 Å². The van der Waals surface area contributed by atoms with E-state index in [1.807, 2.05) is 0 Å². The lowest BCUT2D eigenvalue weighted by Crippen LogP contribution is -2.51. The van der Waals surface area contributed by atoms with E-state index in [4.69, 9.17) is 25.8 Å². The highest BCUT2D eigenvalue weighted by Crippen LogP contribution is 2.57. The molecule has 0 bridgehead atoms. The number of aromatic nitrogens is 4. The normalized spacial score (nSPS) is 25.2. The van der Waals surface area contributed by atoms with Crippen LogP contribution in [0.3, 0.4) is 0 Å². The van der Waals surface area contributed by atoms with Gasteiger partial charge in [0.15, 0.2) is 28.3 Å². The van der Waals surface area contributed by atoms with E-state index in [1.165, 1.54) is 44.2 Å². The summed E-state index contributed by atoms with van der Waals surface area (Å²) in [5.74, 6) is -1.40. The summed E-state index contributed by atoms with van der Waals surface area (Å²) in [7, 11) is 1.24. The first-order chi connectivity index (χ1) is 17.7. The molecule has 5 rings (SSSR count). The number of esters is 2. The predicted molar refractivity (Wildman–Crippen MR) is 131 cm³/mol. The molecule has 0 N–H and O–H groups in total. The second-order valence-electron chi connectivity index (χ2n) is 8.87. The van der Waals surface area contributed by atoms with Crippen LogP contribution in [0.25, 0.3) is 11.2 Å². The number of methoxy groups -OCH3 is 1. The number of carbonyl (C=O) groups is 2. The number of benzene rings is 2. The SMILES string of the molecule is COC(=O)c1ccccc1[C@H]1O[C@@H](n2cnc3c(Cl)ncnc32)[C@](C)(F)[C@@]1(C)OC(=O)c1ccccc1. The van der Waals surface area contributed by atoms with E-state index >= 15 is 4.39 Å². The Morgan fingerprint density at radius 2 is 1.73 bits per heavy atom. The Labute approximate surface area is 216 Å². The average molecular weight is 525 g/mol. The van der Waals surface area contributed by atoms with Crippen molar-refractivity contribution < 1.29 is 28.2 Å². The van der Waals surface area contributed by atoms with Crippen molar-refractivity contribution in [3.8, 4) is 0 Å². The van der Waals surface area contributed by atoms with Crippen molar-refractivity contribution in [1.82, 2.24) is 19.5 Å². The molecular weight excluding hydrogens is 503 g/mol.